The van der Waals surface area contributed by atoms with Crippen molar-refractivity contribution in [2.45, 2.75) is 18.5 Å². The van der Waals surface area contributed by atoms with Crippen LogP contribution in [-0.4, -0.2) is 31.6 Å². The van der Waals surface area contributed by atoms with Gasteiger partial charge in [-0.3, -0.25) is 4.99 Å². The van der Waals surface area contributed by atoms with Crippen LogP contribution in [0.3, 0.4) is 0 Å². The smallest absolute Gasteiger partial charge is 0.130 e. The van der Waals surface area contributed by atoms with Crippen molar-refractivity contribution >= 4 is 6.21 Å². The molecule has 3 nitrogen and oxygen atoms in total. The van der Waals surface area contributed by atoms with Gasteiger partial charge in [0, 0.05) is 19.1 Å². The molecule has 2 aliphatic rings. The van der Waals surface area contributed by atoms with Crippen LogP contribution in [0.4, 0.5) is 0 Å². The van der Waals surface area contributed by atoms with Gasteiger partial charge in [-0.2, -0.15) is 0 Å². The van der Waals surface area contributed by atoms with Gasteiger partial charge in [0.05, 0.1) is 19.8 Å². The van der Waals surface area contributed by atoms with E-state index in [4.69, 9.17) is 4.74 Å². The van der Waals surface area contributed by atoms with Crippen molar-refractivity contribution in [3.8, 4) is 0 Å². The molecule has 0 atom stereocenters. The summed E-state index contributed by atoms with van der Waals surface area (Å²) >= 11 is 0. The molecular formula is C7H11N2O. The van der Waals surface area contributed by atoms with Crippen molar-refractivity contribution in [3.63, 3.8) is 0 Å². The lowest BCUT2D eigenvalue weighted by atomic mass is 10.0. The van der Waals surface area contributed by atoms with E-state index >= 15 is 0 Å². The zero-order valence-corrected chi connectivity index (χ0v) is 5.92. The fourth-order valence-electron chi connectivity index (χ4n) is 1.45. The fraction of sp³-hybridized carbons (Fsp3) is 0.857. The minimum atomic E-state index is -0.0573. The molecular weight excluding hydrogens is 128 g/mol. The van der Waals surface area contributed by atoms with Crippen LogP contribution in [0.5, 0.6) is 0 Å². The highest BCUT2D eigenvalue weighted by Gasteiger charge is 2.34. The summed E-state index contributed by atoms with van der Waals surface area (Å²) in [5, 5.41) is 4.42. The molecule has 1 saturated heterocycles. The van der Waals surface area contributed by atoms with E-state index in [0.717, 1.165) is 32.6 Å². The molecule has 0 N–H and O–H groups in total. The third kappa shape index (κ3) is 0.954. The van der Waals surface area contributed by atoms with Crippen LogP contribution < -0.4 is 5.32 Å². The first kappa shape index (κ1) is 6.31. The summed E-state index contributed by atoms with van der Waals surface area (Å²) in [6.07, 6.45) is 3.86. The van der Waals surface area contributed by atoms with Crippen LogP contribution in [0.25, 0.3) is 0 Å². The van der Waals surface area contributed by atoms with E-state index in [0.29, 0.717) is 0 Å². The van der Waals surface area contributed by atoms with E-state index in [9.17, 15) is 0 Å². The Morgan fingerprint density at radius 3 is 2.70 bits per heavy atom. The molecule has 2 aliphatic heterocycles. The molecule has 3 heteroatoms. The normalized spacial score (nSPS) is 29.6. The molecule has 10 heavy (non-hydrogen) atoms. The Bertz CT molecular complexity index is 150. The van der Waals surface area contributed by atoms with E-state index in [2.05, 4.69) is 10.3 Å². The lowest BCUT2D eigenvalue weighted by Crippen LogP contribution is -2.39. The Labute approximate surface area is 60.5 Å². The zero-order valence-electron chi connectivity index (χ0n) is 5.92. The molecule has 2 heterocycles. The second-order valence-electron chi connectivity index (χ2n) is 2.75. The van der Waals surface area contributed by atoms with E-state index in [1.54, 1.807) is 0 Å². The number of ether oxygens (including phenoxy) is 1. The topological polar surface area (TPSA) is 35.7 Å². The molecule has 0 aliphatic carbocycles. The van der Waals surface area contributed by atoms with E-state index in [1.807, 2.05) is 6.21 Å². The number of aliphatic imine (C=N–C) groups is 1. The largest absolute Gasteiger partial charge is 0.381 e. The molecule has 0 unspecified atom stereocenters. The van der Waals surface area contributed by atoms with Crippen molar-refractivity contribution in [1.82, 2.24) is 5.32 Å². The Balaban J connectivity index is 2.05. The van der Waals surface area contributed by atoms with Gasteiger partial charge in [-0.15, -0.1) is 0 Å². The molecule has 0 amide bonds. The molecule has 1 spiro atoms. The molecule has 1 fully saturated rings. The lowest BCUT2D eigenvalue weighted by molar-refractivity contribution is 0.0455. The van der Waals surface area contributed by atoms with Crippen molar-refractivity contribution in [3.05, 3.63) is 0 Å². The van der Waals surface area contributed by atoms with Crippen LogP contribution in [0.2, 0.25) is 0 Å². The second kappa shape index (κ2) is 2.32. The summed E-state index contributed by atoms with van der Waals surface area (Å²) < 4.78 is 5.22. The Kier molecular flexibility index (Phi) is 1.47. The van der Waals surface area contributed by atoms with Crippen LogP contribution in [-0.2, 0) is 4.74 Å². The van der Waals surface area contributed by atoms with Gasteiger partial charge >= 0.3 is 0 Å². The molecule has 0 saturated carbocycles. The first-order valence-corrected chi connectivity index (χ1v) is 3.71. The first-order valence-electron chi connectivity index (χ1n) is 3.71. The van der Waals surface area contributed by atoms with Crippen molar-refractivity contribution in [2.24, 2.45) is 4.99 Å². The predicted octanol–water partition coefficient (Wildman–Crippen LogP) is 0.182. The third-order valence-corrected chi connectivity index (χ3v) is 2.09. The predicted molar refractivity (Wildman–Crippen MR) is 38.3 cm³/mol. The number of hydrogen-bond acceptors (Lipinski definition) is 2. The summed E-state index contributed by atoms with van der Waals surface area (Å²) in [6, 6.07) is 0. The van der Waals surface area contributed by atoms with Crippen LogP contribution in [0, 0.1) is 0 Å². The van der Waals surface area contributed by atoms with Crippen molar-refractivity contribution in [2.75, 3.05) is 19.8 Å². The maximum Gasteiger partial charge on any atom is 0.130 e. The van der Waals surface area contributed by atoms with Crippen LogP contribution in [0.1, 0.15) is 12.8 Å². The number of nitrogens with zero attached hydrogens (tertiary/aromatic N) is 2. The highest BCUT2D eigenvalue weighted by Crippen LogP contribution is 2.24. The van der Waals surface area contributed by atoms with Crippen molar-refractivity contribution in [1.29, 1.82) is 0 Å². The number of hydrogen-bond donors (Lipinski definition) is 0. The zero-order chi connectivity index (χ0) is 6.86. The second-order valence-corrected chi connectivity index (χ2v) is 2.75. The molecule has 0 aromatic rings. The van der Waals surface area contributed by atoms with E-state index in [-0.39, 0.29) is 5.66 Å². The summed E-state index contributed by atoms with van der Waals surface area (Å²) in [6.45, 7) is 2.45. The Hall–Kier alpha value is -0.410. The molecule has 0 aromatic heterocycles. The molecule has 55 valence electrons. The van der Waals surface area contributed by atoms with Gasteiger partial charge in [-0.05, 0) is 0 Å². The molecule has 0 bridgehead atoms. The highest BCUT2D eigenvalue weighted by atomic mass is 16.5. The van der Waals surface area contributed by atoms with E-state index < -0.39 is 0 Å². The lowest BCUT2D eigenvalue weighted by Gasteiger charge is -2.29. The van der Waals surface area contributed by atoms with Gasteiger partial charge in [-0.1, -0.05) is 0 Å². The summed E-state index contributed by atoms with van der Waals surface area (Å²) in [4.78, 5) is 4.36. The quantitative estimate of drug-likeness (QED) is 0.471. The first-order chi connectivity index (χ1) is 4.91. The Morgan fingerprint density at radius 2 is 2.10 bits per heavy atom. The van der Waals surface area contributed by atoms with Crippen molar-refractivity contribution < 1.29 is 4.74 Å². The maximum atomic E-state index is 5.22. The maximum absolute atomic E-state index is 5.22. The molecule has 0 aromatic carbocycles. The van der Waals surface area contributed by atoms with Crippen LogP contribution in [0.15, 0.2) is 4.99 Å². The Morgan fingerprint density at radius 1 is 1.30 bits per heavy atom. The molecule has 2 rings (SSSR count). The average Bonchev–Trinajstić information content (AvgIpc) is 2.39. The van der Waals surface area contributed by atoms with Gasteiger partial charge in [0.25, 0.3) is 0 Å². The van der Waals surface area contributed by atoms with Crippen LogP contribution >= 0.6 is 0 Å². The highest BCUT2D eigenvalue weighted by molar-refractivity contribution is 5.62. The minimum Gasteiger partial charge on any atom is -0.381 e. The molecule has 1 radical (unpaired) electrons. The van der Waals surface area contributed by atoms with E-state index in [1.165, 1.54) is 0 Å². The monoisotopic (exact) mass is 139 g/mol. The van der Waals surface area contributed by atoms with Gasteiger partial charge < -0.3 is 4.74 Å². The van der Waals surface area contributed by atoms with Gasteiger partial charge in [0.1, 0.15) is 5.66 Å². The number of rotatable bonds is 0. The summed E-state index contributed by atoms with van der Waals surface area (Å²) in [7, 11) is 0. The van der Waals surface area contributed by atoms with Gasteiger partial charge in [0.2, 0.25) is 0 Å². The minimum absolute atomic E-state index is 0.0573. The third-order valence-electron chi connectivity index (χ3n) is 2.09. The SMILES string of the molecule is C1=NC2(CCOCC2)[N]C1. The summed E-state index contributed by atoms with van der Waals surface area (Å²) in [5.74, 6) is 0. The van der Waals surface area contributed by atoms with Gasteiger partial charge in [0.15, 0.2) is 0 Å². The fourth-order valence-corrected chi connectivity index (χ4v) is 1.45. The summed E-state index contributed by atoms with van der Waals surface area (Å²) in [5.41, 5.74) is -0.0573. The van der Waals surface area contributed by atoms with Gasteiger partial charge in [-0.25, -0.2) is 5.32 Å². The average molecular weight is 139 g/mol. The standard InChI is InChI=1S/C7H11N2O/c1-5-10-6-2-7(1)8-3-4-9-7/h3H,1-2,4-6H2.